The topological polar surface area (TPSA) is 113 Å². The molecule has 0 saturated carbocycles. The summed E-state index contributed by atoms with van der Waals surface area (Å²) in [5.41, 5.74) is 7.73. The third-order valence-corrected chi connectivity index (χ3v) is 2.90. The smallest absolute Gasteiger partial charge is 0.237 e. The van der Waals surface area contributed by atoms with Gasteiger partial charge in [0.15, 0.2) is 11.2 Å². The number of nitrogens with one attached hydrogen (secondary N) is 1. The molecule has 0 unspecified atom stereocenters. The zero-order chi connectivity index (χ0) is 14.7. The molecule has 0 atom stereocenters. The maximum absolute atomic E-state index is 11.9. The Morgan fingerprint density at radius 3 is 2.95 bits per heavy atom. The number of hydrogen-bond acceptors (Lipinski definition) is 5. The Labute approximate surface area is 118 Å². The second-order valence-corrected chi connectivity index (χ2v) is 4.36. The van der Waals surface area contributed by atoms with E-state index in [1.807, 2.05) is 0 Å². The highest BCUT2D eigenvalue weighted by molar-refractivity contribution is 6.32. The van der Waals surface area contributed by atoms with Gasteiger partial charge in [-0.05, 0) is 24.6 Å². The van der Waals surface area contributed by atoms with Crippen LogP contribution in [0, 0.1) is 6.92 Å². The Kier molecular flexibility index (Phi) is 4.02. The van der Waals surface area contributed by atoms with Crippen molar-refractivity contribution in [2.24, 2.45) is 15.9 Å². The van der Waals surface area contributed by atoms with Crippen LogP contribution in [0.2, 0.25) is 5.02 Å². The fourth-order valence-corrected chi connectivity index (χ4v) is 1.69. The van der Waals surface area contributed by atoms with Crippen molar-refractivity contribution in [3.63, 3.8) is 0 Å². The Bertz CT molecular complexity index is 767. The van der Waals surface area contributed by atoms with E-state index < -0.39 is 0 Å². The summed E-state index contributed by atoms with van der Waals surface area (Å²) in [4.78, 5) is 11.9. The molecule has 2 rings (SSSR count). The summed E-state index contributed by atoms with van der Waals surface area (Å²) < 4.78 is 5.49. The number of hydrogen-bond donors (Lipinski definition) is 3. The Morgan fingerprint density at radius 1 is 1.50 bits per heavy atom. The van der Waals surface area contributed by atoms with Gasteiger partial charge in [-0.2, -0.15) is 5.10 Å². The molecule has 1 aromatic carbocycles. The Balaban J connectivity index is 2.48. The van der Waals surface area contributed by atoms with E-state index in [9.17, 15) is 4.79 Å². The lowest BCUT2D eigenvalue weighted by atomic mass is 10.1. The van der Waals surface area contributed by atoms with Crippen LogP contribution in [-0.2, 0) is 0 Å². The summed E-state index contributed by atoms with van der Waals surface area (Å²) in [6.45, 7) is 1.81. The quantitative estimate of drug-likeness (QED) is 0.440. The van der Waals surface area contributed by atoms with Crippen LogP contribution in [0.15, 0.2) is 37.6 Å². The van der Waals surface area contributed by atoms with E-state index in [2.05, 4.69) is 10.2 Å². The van der Waals surface area contributed by atoms with Crippen LogP contribution in [0.4, 0.5) is 0 Å². The van der Waals surface area contributed by atoms with Crippen molar-refractivity contribution >= 4 is 34.7 Å². The molecule has 7 nitrogen and oxygen atoms in total. The summed E-state index contributed by atoms with van der Waals surface area (Å²) in [7, 11) is 0. The third-order valence-electron chi connectivity index (χ3n) is 2.49. The molecular weight excluding hydrogens is 284 g/mol. The summed E-state index contributed by atoms with van der Waals surface area (Å²) in [6, 6.07) is 4.49. The van der Waals surface area contributed by atoms with Gasteiger partial charge in [-0.1, -0.05) is 11.6 Å². The molecule has 0 saturated heterocycles. The highest BCUT2D eigenvalue weighted by atomic mass is 35.5. The van der Waals surface area contributed by atoms with Crippen LogP contribution in [0.25, 0.3) is 11.0 Å². The fourth-order valence-electron chi connectivity index (χ4n) is 1.53. The van der Waals surface area contributed by atoms with Crippen LogP contribution in [0.5, 0.6) is 0 Å². The second kappa shape index (κ2) is 5.72. The number of guanidine groups is 1. The highest BCUT2D eigenvalue weighted by Gasteiger charge is 2.06. The third kappa shape index (κ3) is 2.95. The fraction of sp³-hybridized carbons (Fsp3) is 0.0833. The van der Waals surface area contributed by atoms with Gasteiger partial charge in [0.05, 0.1) is 11.6 Å². The molecule has 0 radical (unpaired) electrons. The van der Waals surface area contributed by atoms with Crippen molar-refractivity contribution in [2.75, 3.05) is 0 Å². The molecule has 1 heterocycles. The molecule has 0 bridgehead atoms. The first kappa shape index (κ1) is 14.0. The molecule has 4 N–H and O–H groups in total. The van der Waals surface area contributed by atoms with Gasteiger partial charge in [0.25, 0.3) is 0 Å². The van der Waals surface area contributed by atoms with E-state index in [-0.39, 0.29) is 17.1 Å². The SMILES string of the molecule is Cc1cc2oc(C=NN=C(N)NO)cc(=O)c2cc1Cl. The molecule has 0 amide bonds. The normalized spacial score (nSPS) is 12.2. The van der Waals surface area contributed by atoms with Crippen molar-refractivity contribution in [2.45, 2.75) is 6.92 Å². The largest absolute Gasteiger partial charge is 0.455 e. The lowest BCUT2D eigenvalue weighted by Gasteiger charge is -2.02. The van der Waals surface area contributed by atoms with Gasteiger partial charge in [0.1, 0.15) is 5.58 Å². The minimum atomic E-state index is -0.285. The van der Waals surface area contributed by atoms with Crippen molar-refractivity contribution in [3.05, 3.63) is 44.8 Å². The van der Waals surface area contributed by atoms with Gasteiger partial charge < -0.3 is 10.2 Å². The zero-order valence-electron chi connectivity index (χ0n) is 10.4. The maximum atomic E-state index is 11.9. The molecule has 8 heteroatoms. The predicted molar refractivity (Wildman–Crippen MR) is 76.4 cm³/mol. The van der Waals surface area contributed by atoms with Gasteiger partial charge in [0.2, 0.25) is 5.96 Å². The van der Waals surface area contributed by atoms with Crippen molar-refractivity contribution < 1.29 is 9.62 Å². The lowest BCUT2D eigenvalue weighted by Crippen LogP contribution is -2.27. The minimum Gasteiger partial charge on any atom is -0.455 e. The molecule has 0 aliphatic rings. The number of nitrogens with two attached hydrogens (primary N) is 1. The van der Waals surface area contributed by atoms with E-state index in [0.29, 0.717) is 16.0 Å². The van der Waals surface area contributed by atoms with Crippen molar-refractivity contribution in [1.29, 1.82) is 0 Å². The average molecular weight is 295 g/mol. The molecule has 0 fully saturated rings. The van der Waals surface area contributed by atoms with Gasteiger partial charge in [-0.25, -0.2) is 5.48 Å². The summed E-state index contributed by atoms with van der Waals surface area (Å²) in [5, 5.41) is 16.2. The van der Waals surface area contributed by atoms with E-state index >= 15 is 0 Å². The first-order valence-corrected chi connectivity index (χ1v) is 5.89. The Morgan fingerprint density at radius 2 is 2.25 bits per heavy atom. The van der Waals surface area contributed by atoms with E-state index in [0.717, 1.165) is 5.56 Å². The van der Waals surface area contributed by atoms with Crippen molar-refractivity contribution in [1.82, 2.24) is 5.48 Å². The van der Waals surface area contributed by atoms with Crippen LogP contribution < -0.4 is 16.6 Å². The highest BCUT2D eigenvalue weighted by Crippen LogP contribution is 2.21. The maximum Gasteiger partial charge on any atom is 0.237 e. The summed E-state index contributed by atoms with van der Waals surface area (Å²) in [6.07, 6.45) is 1.20. The van der Waals surface area contributed by atoms with Crippen LogP contribution in [-0.4, -0.2) is 17.4 Å². The number of nitrogens with zero attached hydrogens (tertiary/aromatic N) is 2. The number of benzene rings is 1. The first-order chi connectivity index (χ1) is 9.51. The lowest BCUT2D eigenvalue weighted by molar-refractivity contribution is 0.232. The van der Waals surface area contributed by atoms with Crippen LogP contribution in [0.1, 0.15) is 11.3 Å². The van der Waals surface area contributed by atoms with Gasteiger partial charge in [-0.3, -0.25) is 10.0 Å². The Hall–Kier alpha value is -2.38. The number of rotatable bonds is 2. The van der Waals surface area contributed by atoms with Crippen LogP contribution >= 0.6 is 11.6 Å². The average Bonchev–Trinajstić information content (AvgIpc) is 2.41. The molecule has 1 aromatic heterocycles. The first-order valence-electron chi connectivity index (χ1n) is 5.52. The summed E-state index contributed by atoms with van der Waals surface area (Å²) >= 11 is 5.96. The van der Waals surface area contributed by atoms with Gasteiger partial charge >= 0.3 is 0 Å². The standard InChI is InChI=1S/C12H11ClN4O3/c1-6-2-11-8(4-9(6)13)10(18)3-7(20-11)5-15-16-12(14)17-19/h2-5,19H,1H3,(H3,14,16,17). The number of aryl methyl sites for hydroxylation is 1. The van der Waals surface area contributed by atoms with Gasteiger partial charge in [0, 0.05) is 11.1 Å². The number of halogens is 1. The predicted octanol–water partition coefficient (Wildman–Crippen LogP) is 1.38. The minimum absolute atomic E-state index is 0.207. The second-order valence-electron chi connectivity index (χ2n) is 3.95. The van der Waals surface area contributed by atoms with Crippen molar-refractivity contribution in [3.8, 4) is 0 Å². The zero-order valence-corrected chi connectivity index (χ0v) is 11.2. The number of hydroxylamine groups is 1. The molecule has 104 valence electrons. The molecule has 0 aliphatic carbocycles. The molecule has 2 aromatic rings. The van der Waals surface area contributed by atoms with Crippen LogP contribution in [0.3, 0.4) is 0 Å². The van der Waals surface area contributed by atoms with Gasteiger partial charge in [-0.15, -0.1) is 5.10 Å². The molecular formula is C12H11ClN4O3. The van der Waals surface area contributed by atoms with E-state index in [4.69, 9.17) is 27.0 Å². The monoisotopic (exact) mass is 294 g/mol. The molecule has 0 spiro atoms. The summed E-state index contributed by atoms with van der Waals surface area (Å²) in [5.74, 6) is -0.0780. The van der Waals surface area contributed by atoms with E-state index in [1.54, 1.807) is 24.5 Å². The van der Waals surface area contributed by atoms with E-state index in [1.165, 1.54) is 12.3 Å². The number of fused-ring (bicyclic) bond motifs is 1. The molecule has 20 heavy (non-hydrogen) atoms. The molecule has 0 aliphatic heterocycles.